The molecular weight excluding hydrogens is 258 g/mol. The molecule has 0 aromatic heterocycles. The van der Waals surface area contributed by atoms with Gasteiger partial charge in [0.05, 0.1) is 6.04 Å². The van der Waals surface area contributed by atoms with E-state index in [2.05, 4.69) is 63.3 Å². The third-order valence-corrected chi connectivity index (χ3v) is 3.79. The Morgan fingerprint density at radius 3 is 2.48 bits per heavy atom. The second-order valence-corrected chi connectivity index (χ2v) is 5.58. The van der Waals surface area contributed by atoms with E-state index in [1.54, 1.807) is 0 Å². The van der Waals surface area contributed by atoms with Gasteiger partial charge >= 0.3 is 0 Å². The van der Waals surface area contributed by atoms with Gasteiger partial charge in [0.1, 0.15) is 12.4 Å². The molecule has 0 fully saturated rings. The van der Waals surface area contributed by atoms with Crippen LogP contribution in [0.1, 0.15) is 35.2 Å². The molecule has 0 radical (unpaired) electrons. The van der Waals surface area contributed by atoms with Crippen molar-refractivity contribution in [2.75, 3.05) is 13.2 Å². The van der Waals surface area contributed by atoms with E-state index in [0.717, 1.165) is 12.3 Å². The van der Waals surface area contributed by atoms with Gasteiger partial charge in [0.15, 0.2) is 0 Å². The zero-order chi connectivity index (χ0) is 15.2. The van der Waals surface area contributed by atoms with E-state index in [0.29, 0.717) is 6.61 Å². The maximum Gasteiger partial charge on any atom is 0.119 e. The lowest BCUT2D eigenvalue weighted by Crippen LogP contribution is -2.26. The van der Waals surface area contributed by atoms with Crippen LogP contribution in [0.5, 0.6) is 5.75 Å². The Bertz CT molecular complexity index is 592. The lowest BCUT2D eigenvalue weighted by Gasteiger charge is -2.20. The van der Waals surface area contributed by atoms with Crippen molar-refractivity contribution in [2.45, 2.75) is 33.7 Å². The number of nitrogens with one attached hydrogen (secondary N) is 1. The van der Waals surface area contributed by atoms with Gasteiger partial charge in [-0.1, -0.05) is 37.3 Å². The zero-order valence-corrected chi connectivity index (χ0v) is 13.4. The van der Waals surface area contributed by atoms with Crippen LogP contribution in [-0.2, 0) is 0 Å². The molecule has 21 heavy (non-hydrogen) atoms. The lowest BCUT2D eigenvalue weighted by atomic mass is 10.0. The van der Waals surface area contributed by atoms with Crippen molar-refractivity contribution < 1.29 is 4.74 Å². The molecule has 2 nitrogen and oxygen atoms in total. The number of likely N-dealkylation sites (N-methyl/N-ethyl adjacent to an activating group) is 1. The van der Waals surface area contributed by atoms with Crippen LogP contribution in [0.2, 0.25) is 0 Å². The molecule has 0 bridgehead atoms. The summed E-state index contributed by atoms with van der Waals surface area (Å²) in [5.74, 6) is 0.932. The SMILES string of the molecule is CCNC(COc1cccc(C)c1)c1ccc(C)c(C)c1. The van der Waals surface area contributed by atoms with Gasteiger partial charge in [0, 0.05) is 0 Å². The van der Waals surface area contributed by atoms with Gasteiger partial charge in [0.2, 0.25) is 0 Å². The highest BCUT2D eigenvalue weighted by Crippen LogP contribution is 2.20. The van der Waals surface area contributed by atoms with Crippen molar-refractivity contribution >= 4 is 0 Å². The fourth-order valence-electron chi connectivity index (χ4n) is 2.39. The van der Waals surface area contributed by atoms with E-state index in [9.17, 15) is 0 Å². The topological polar surface area (TPSA) is 21.3 Å². The first-order valence-electron chi connectivity index (χ1n) is 7.60. The number of aryl methyl sites for hydroxylation is 3. The van der Waals surface area contributed by atoms with E-state index in [1.807, 2.05) is 12.1 Å². The van der Waals surface area contributed by atoms with E-state index in [4.69, 9.17) is 4.74 Å². The molecule has 1 atom stereocenters. The molecule has 1 unspecified atom stereocenters. The largest absolute Gasteiger partial charge is 0.492 e. The summed E-state index contributed by atoms with van der Waals surface area (Å²) in [6.07, 6.45) is 0. The Kier molecular flexibility index (Phi) is 5.40. The Labute approximate surface area is 128 Å². The van der Waals surface area contributed by atoms with Crippen LogP contribution >= 0.6 is 0 Å². The fourth-order valence-corrected chi connectivity index (χ4v) is 2.39. The number of benzene rings is 2. The summed E-state index contributed by atoms with van der Waals surface area (Å²) in [6, 6.07) is 15.0. The molecule has 2 heteroatoms. The average molecular weight is 283 g/mol. The molecule has 2 rings (SSSR count). The van der Waals surface area contributed by atoms with Crippen LogP contribution in [0.25, 0.3) is 0 Å². The summed E-state index contributed by atoms with van der Waals surface area (Å²) >= 11 is 0. The molecule has 112 valence electrons. The van der Waals surface area contributed by atoms with E-state index in [-0.39, 0.29) is 6.04 Å². The first-order valence-corrected chi connectivity index (χ1v) is 7.60. The Morgan fingerprint density at radius 2 is 1.81 bits per heavy atom. The summed E-state index contributed by atoms with van der Waals surface area (Å²) in [4.78, 5) is 0. The number of rotatable bonds is 6. The molecule has 2 aromatic carbocycles. The third kappa shape index (κ3) is 4.33. The number of hydrogen-bond donors (Lipinski definition) is 1. The molecular formula is C19H25NO. The Hall–Kier alpha value is -1.80. The normalized spacial score (nSPS) is 12.2. The molecule has 1 N–H and O–H groups in total. The van der Waals surface area contributed by atoms with Crippen molar-refractivity contribution in [3.63, 3.8) is 0 Å². The van der Waals surface area contributed by atoms with E-state index < -0.39 is 0 Å². The van der Waals surface area contributed by atoms with Crippen molar-refractivity contribution in [1.29, 1.82) is 0 Å². The predicted molar refractivity (Wildman–Crippen MR) is 89.0 cm³/mol. The van der Waals surface area contributed by atoms with Gasteiger partial charge in [-0.3, -0.25) is 0 Å². The lowest BCUT2D eigenvalue weighted by molar-refractivity contribution is 0.268. The van der Waals surface area contributed by atoms with Crippen LogP contribution in [-0.4, -0.2) is 13.2 Å². The number of hydrogen-bond acceptors (Lipinski definition) is 2. The summed E-state index contributed by atoms with van der Waals surface area (Å²) in [5, 5.41) is 3.51. The monoisotopic (exact) mass is 283 g/mol. The minimum Gasteiger partial charge on any atom is -0.492 e. The minimum atomic E-state index is 0.217. The van der Waals surface area contributed by atoms with Crippen molar-refractivity contribution in [2.24, 2.45) is 0 Å². The summed E-state index contributed by atoms with van der Waals surface area (Å²) < 4.78 is 5.96. The molecule has 0 aliphatic carbocycles. The van der Waals surface area contributed by atoms with Gasteiger partial charge in [-0.25, -0.2) is 0 Å². The second-order valence-electron chi connectivity index (χ2n) is 5.58. The van der Waals surface area contributed by atoms with Crippen LogP contribution in [0, 0.1) is 20.8 Å². The summed E-state index contributed by atoms with van der Waals surface area (Å²) in [7, 11) is 0. The second kappa shape index (κ2) is 7.28. The molecule has 0 amide bonds. The third-order valence-electron chi connectivity index (χ3n) is 3.79. The minimum absolute atomic E-state index is 0.217. The van der Waals surface area contributed by atoms with Crippen LogP contribution in [0.15, 0.2) is 42.5 Å². The predicted octanol–water partition coefficient (Wildman–Crippen LogP) is 4.34. The molecule has 0 heterocycles. The summed E-state index contributed by atoms with van der Waals surface area (Å²) in [6.45, 7) is 10.1. The van der Waals surface area contributed by atoms with Crippen molar-refractivity contribution in [1.82, 2.24) is 5.32 Å². The van der Waals surface area contributed by atoms with Crippen LogP contribution in [0.4, 0.5) is 0 Å². The number of ether oxygens (including phenoxy) is 1. The fraction of sp³-hybridized carbons (Fsp3) is 0.368. The quantitative estimate of drug-likeness (QED) is 0.851. The maximum atomic E-state index is 5.96. The van der Waals surface area contributed by atoms with Crippen LogP contribution < -0.4 is 10.1 Å². The first-order chi connectivity index (χ1) is 10.1. The Balaban J connectivity index is 2.09. The van der Waals surface area contributed by atoms with E-state index >= 15 is 0 Å². The van der Waals surface area contributed by atoms with Gasteiger partial charge in [-0.15, -0.1) is 0 Å². The summed E-state index contributed by atoms with van der Waals surface area (Å²) in [5.41, 5.74) is 5.16. The molecule has 2 aromatic rings. The van der Waals surface area contributed by atoms with Gasteiger partial charge in [-0.05, 0) is 61.7 Å². The standard InChI is InChI=1S/C19H25NO/c1-5-20-19(17-10-9-15(3)16(4)12-17)13-21-18-8-6-7-14(2)11-18/h6-12,19-20H,5,13H2,1-4H3. The van der Waals surface area contributed by atoms with E-state index in [1.165, 1.54) is 22.3 Å². The van der Waals surface area contributed by atoms with Crippen LogP contribution in [0.3, 0.4) is 0 Å². The smallest absolute Gasteiger partial charge is 0.119 e. The van der Waals surface area contributed by atoms with Crippen molar-refractivity contribution in [3.05, 3.63) is 64.7 Å². The van der Waals surface area contributed by atoms with Gasteiger partial charge in [0.25, 0.3) is 0 Å². The molecule has 0 saturated heterocycles. The highest BCUT2D eigenvalue weighted by molar-refractivity contribution is 5.32. The Morgan fingerprint density at radius 1 is 1.00 bits per heavy atom. The molecule has 0 spiro atoms. The van der Waals surface area contributed by atoms with Gasteiger partial charge in [-0.2, -0.15) is 0 Å². The molecule has 0 aliphatic heterocycles. The first kappa shape index (κ1) is 15.6. The molecule has 0 saturated carbocycles. The van der Waals surface area contributed by atoms with Gasteiger partial charge < -0.3 is 10.1 Å². The zero-order valence-electron chi connectivity index (χ0n) is 13.4. The average Bonchev–Trinajstić information content (AvgIpc) is 2.46. The highest BCUT2D eigenvalue weighted by atomic mass is 16.5. The highest BCUT2D eigenvalue weighted by Gasteiger charge is 2.12. The maximum absolute atomic E-state index is 5.96. The molecule has 0 aliphatic rings. The van der Waals surface area contributed by atoms with Crippen molar-refractivity contribution in [3.8, 4) is 5.75 Å².